The lowest BCUT2D eigenvalue weighted by atomic mass is 10.1. The zero-order valence-corrected chi connectivity index (χ0v) is 18.0. The Balaban J connectivity index is 1.57. The molecule has 2 aromatic rings. The molecule has 3 rings (SSSR count). The highest BCUT2D eigenvalue weighted by Gasteiger charge is 2.26. The third kappa shape index (κ3) is 4.74. The van der Waals surface area contributed by atoms with E-state index in [0.717, 1.165) is 16.8 Å². The maximum Gasteiger partial charge on any atom is 0.257 e. The number of anilines is 1. The van der Waals surface area contributed by atoms with E-state index in [9.17, 15) is 9.59 Å². The molecule has 0 aromatic heterocycles. The first-order valence-corrected chi connectivity index (χ1v) is 10.0. The number of nitrogens with zero attached hydrogens (tertiary/aromatic N) is 2. The van der Waals surface area contributed by atoms with E-state index in [0.29, 0.717) is 49.8 Å². The maximum atomic E-state index is 13.0. The summed E-state index contributed by atoms with van der Waals surface area (Å²) in [5.41, 5.74) is 3.55. The smallest absolute Gasteiger partial charge is 0.257 e. The van der Waals surface area contributed by atoms with Crippen molar-refractivity contribution in [2.75, 3.05) is 52.3 Å². The fourth-order valence-corrected chi connectivity index (χ4v) is 3.61. The van der Waals surface area contributed by atoms with E-state index in [1.54, 1.807) is 30.2 Å². The molecule has 1 aliphatic rings. The number of hydrogen-bond donors (Lipinski definition) is 1. The van der Waals surface area contributed by atoms with Crippen LogP contribution in [0.2, 0.25) is 0 Å². The van der Waals surface area contributed by atoms with E-state index in [2.05, 4.69) is 10.2 Å². The minimum atomic E-state index is -0.0924. The lowest BCUT2D eigenvalue weighted by Gasteiger charge is -2.34. The number of carbonyl (C=O) groups is 2. The number of aryl methyl sites for hydroxylation is 1. The van der Waals surface area contributed by atoms with Crippen molar-refractivity contribution in [1.82, 2.24) is 9.80 Å². The van der Waals surface area contributed by atoms with Crippen molar-refractivity contribution in [1.29, 1.82) is 0 Å². The Morgan fingerprint density at radius 2 is 1.67 bits per heavy atom. The number of ether oxygens (including phenoxy) is 2. The lowest BCUT2D eigenvalue weighted by molar-refractivity contribution is -0.117. The Labute approximate surface area is 177 Å². The molecule has 0 unspecified atom stereocenters. The second kappa shape index (κ2) is 9.63. The number of nitrogens with one attached hydrogen (secondary N) is 1. The zero-order valence-electron chi connectivity index (χ0n) is 18.0. The standard InChI is InChI=1S/C23H29N3O4/c1-16-7-5-9-19(17(16)2)24-21(27)15-25-11-13-26(14-12-25)23(28)18-8-6-10-20(29-3)22(18)30-4/h5-10H,11-15H2,1-4H3,(H,24,27). The van der Waals surface area contributed by atoms with Gasteiger partial charge in [-0.3, -0.25) is 14.5 Å². The van der Waals surface area contributed by atoms with Crippen molar-refractivity contribution in [3.05, 3.63) is 53.1 Å². The Bertz CT molecular complexity index is 921. The van der Waals surface area contributed by atoms with Gasteiger partial charge in [0, 0.05) is 31.9 Å². The summed E-state index contributed by atoms with van der Waals surface area (Å²) in [6, 6.07) is 11.2. The second-order valence-corrected chi connectivity index (χ2v) is 7.41. The Morgan fingerprint density at radius 3 is 2.33 bits per heavy atom. The van der Waals surface area contributed by atoms with Crippen LogP contribution < -0.4 is 14.8 Å². The summed E-state index contributed by atoms with van der Waals surface area (Å²) in [6.45, 7) is 6.71. The van der Waals surface area contributed by atoms with Gasteiger partial charge in [-0.2, -0.15) is 0 Å². The fourth-order valence-electron chi connectivity index (χ4n) is 3.61. The molecule has 0 atom stereocenters. The number of para-hydroxylation sites is 1. The number of methoxy groups -OCH3 is 2. The van der Waals surface area contributed by atoms with Crippen LogP contribution >= 0.6 is 0 Å². The van der Waals surface area contributed by atoms with Crippen LogP contribution in [0.4, 0.5) is 5.69 Å². The number of rotatable bonds is 6. The summed E-state index contributed by atoms with van der Waals surface area (Å²) >= 11 is 0. The molecule has 1 heterocycles. The first-order chi connectivity index (χ1) is 14.4. The second-order valence-electron chi connectivity index (χ2n) is 7.41. The molecule has 0 spiro atoms. The van der Waals surface area contributed by atoms with Crippen LogP contribution in [0.15, 0.2) is 36.4 Å². The molecule has 1 saturated heterocycles. The molecule has 2 amide bonds. The number of benzene rings is 2. The Hall–Kier alpha value is -3.06. The topological polar surface area (TPSA) is 71.1 Å². The normalized spacial score (nSPS) is 14.3. The van der Waals surface area contributed by atoms with Gasteiger partial charge in [-0.1, -0.05) is 18.2 Å². The van der Waals surface area contributed by atoms with Crippen LogP contribution in [0.3, 0.4) is 0 Å². The van der Waals surface area contributed by atoms with Crippen LogP contribution in [-0.4, -0.2) is 68.6 Å². The molecule has 7 heteroatoms. The molecule has 2 aromatic carbocycles. The third-order valence-corrected chi connectivity index (χ3v) is 5.54. The van der Waals surface area contributed by atoms with Gasteiger partial charge in [0.25, 0.3) is 5.91 Å². The monoisotopic (exact) mass is 411 g/mol. The molecule has 30 heavy (non-hydrogen) atoms. The van der Waals surface area contributed by atoms with Crippen molar-refractivity contribution >= 4 is 17.5 Å². The van der Waals surface area contributed by atoms with E-state index in [1.807, 2.05) is 32.0 Å². The van der Waals surface area contributed by atoms with Crippen molar-refractivity contribution in [2.45, 2.75) is 13.8 Å². The van der Waals surface area contributed by atoms with Crippen molar-refractivity contribution in [3.8, 4) is 11.5 Å². The summed E-state index contributed by atoms with van der Waals surface area (Å²) in [5.74, 6) is 0.841. The van der Waals surface area contributed by atoms with Crippen molar-refractivity contribution in [3.63, 3.8) is 0 Å². The van der Waals surface area contributed by atoms with Crippen molar-refractivity contribution < 1.29 is 19.1 Å². The van der Waals surface area contributed by atoms with Gasteiger partial charge in [0.2, 0.25) is 5.91 Å². The first kappa shape index (κ1) is 21.6. The van der Waals surface area contributed by atoms with Gasteiger partial charge in [-0.25, -0.2) is 0 Å². The van der Waals surface area contributed by atoms with Crippen LogP contribution in [0, 0.1) is 13.8 Å². The molecule has 1 fully saturated rings. The number of amides is 2. The Morgan fingerprint density at radius 1 is 0.967 bits per heavy atom. The molecule has 0 bridgehead atoms. The van der Waals surface area contributed by atoms with E-state index in [1.165, 1.54) is 7.11 Å². The van der Waals surface area contributed by atoms with Gasteiger partial charge in [-0.15, -0.1) is 0 Å². The number of piperazine rings is 1. The summed E-state index contributed by atoms with van der Waals surface area (Å²) in [6.07, 6.45) is 0. The van der Waals surface area contributed by atoms with E-state index in [-0.39, 0.29) is 11.8 Å². The number of hydrogen-bond acceptors (Lipinski definition) is 5. The molecule has 0 aliphatic carbocycles. The summed E-state index contributed by atoms with van der Waals surface area (Å²) in [7, 11) is 3.08. The maximum absolute atomic E-state index is 13.0. The minimum absolute atomic E-state index is 0.0436. The lowest BCUT2D eigenvalue weighted by Crippen LogP contribution is -2.50. The average Bonchev–Trinajstić information content (AvgIpc) is 2.76. The van der Waals surface area contributed by atoms with Gasteiger partial charge < -0.3 is 19.7 Å². The highest BCUT2D eigenvalue weighted by molar-refractivity contribution is 5.98. The van der Waals surface area contributed by atoms with E-state index in [4.69, 9.17) is 9.47 Å². The van der Waals surface area contributed by atoms with Crippen LogP contribution in [0.25, 0.3) is 0 Å². The highest BCUT2D eigenvalue weighted by atomic mass is 16.5. The number of carbonyl (C=O) groups excluding carboxylic acids is 2. The van der Waals surface area contributed by atoms with E-state index >= 15 is 0 Å². The average molecular weight is 412 g/mol. The third-order valence-electron chi connectivity index (χ3n) is 5.54. The van der Waals surface area contributed by atoms with Crippen LogP contribution in [0.5, 0.6) is 11.5 Å². The van der Waals surface area contributed by atoms with E-state index < -0.39 is 0 Å². The highest BCUT2D eigenvalue weighted by Crippen LogP contribution is 2.31. The van der Waals surface area contributed by atoms with Crippen molar-refractivity contribution in [2.24, 2.45) is 0 Å². The summed E-state index contributed by atoms with van der Waals surface area (Å²) < 4.78 is 10.7. The molecule has 1 aliphatic heterocycles. The first-order valence-electron chi connectivity index (χ1n) is 10.0. The summed E-state index contributed by atoms with van der Waals surface area (Å²) in [4.78, 5) is 29.3. The Kier molecular flexibility index (Phi) is 6.95. The molecular formula is C23H29N3O4. The molecule has 0 saturated carbocycles. The van der Waals surface area contributed by atoms with Gasteiger partial charge >= 0.3 is 0 Å². The van der Waals surface area contributed by atoms with Gasteiger partial charge in [0.15, 0.2) is 11.5 Å². The predicted octanol–water partition coefficient (Wildman–Crippen LogP) is 2.72. The predicted molar refractivity (Wildman–Crippen MR) is 116 cm³/mol. The van der Waals surface area contributed by atoms with Crippen LogP contribution in [-0.2, 0) is 4.79 Å². The molecule has 1 N–H and O–H groups in total. The van der Waals surface area contributed by atoms with Gasteiger partial charge in [-0.05, 0) is 43.2 Å². The fraction of sp³-hybridized carbons (Fsp3) is 0.391. The van der Waals surface area contributed by atoms with Gasteiger partial charge in [0.1, 0.15) is 0 Å². The SMILES string of the molecule is COc1cccc(C(=O)N2CCN(CC(=O)Nc3cccc(C)c3C)CC2)c1OC. The minimum Gasteiger partial charge on any atom is -0.493 e. The van der Waals surface area contributed by atoms with Gasteiger partial charge in [0.05, 0.1) is 26.3 Å². The largest absolute Gasteiger partial charge is 0.493 e. The zero-order chi connectivity index (χ0) is 21.7. The molecular weight excluding hydrogens is 382 g/mol. The quantitative estimate of drug-likeness (QED) is 0.792. The molecule has 7 nitrogen and oxygen atoms in total. The van der Waals surface area contributed by atoms with Crippen LogP contribution in [0.1, 0.15) is 21.5 Å². The summed E-state index contributed by atoms with van der Waals surface area (Å²) in [5, 5.41) is 2.99. The molecule has 0 radical (unpaired) electrons. The molecule has 160 valence electrons.